The highest BCUT2D eigenvalue weighted by molar-refractivity contribution is 8.26. The van der Waals surface area contributed by atoms with Crippen LogP contribution in [0.4, 0.5) is 0 Å². The van der Waals surface area contributed by atoms with Gasteiger partial charge < -0.3 is 9.47 Å². The summed E-state index contributed by atoms with van der Waals surface area (Å²) in [5, 5.41) is 0.825. The molecule has 0 aliphatic carbocycles. The van der Waals surface area contributed by atoms with Crippen LogP contribution in [0.3, 0.4) is 0 Å². The maximum Gasteiger partial charge on any atom is 0.266 e. The Bertz CT molecular complexity index is 710. The minimum absolute atomic E-state index is 0.0659. The number of carbonyl (C=O) groups excluding carboxylic acids is 1. The third kappa shape index (κ3) is 4.31. The molecule has 3 rings (SSSR count). The Kier molecular flexibility index (Phi) is 6.28. The molecule has 8 heteroatoms. The number of hydrogen-bond acceptors (Lipinski definition) is 5. The lowest BCUT2D eigenvalue weighted by molar-refractivity contribution is -0.123. The molecular weight excluding hydrogens is 401 g/mol. The van der Waals surface area contributed by atoms with Crippen LogP contribution >= 0.6 is 47.2 Å². The van der Waals surface area contributed by atoms with Crippen LogP contribution in [0, 0.1) is 0 Å². The van der Waals surface area contributed by atoms with Crippen molar-refractivity contribution in [2.45, 2.75) is 25.9 Å². The van der Waals surface area contributed by atoms with E-state index in [2.05, 4.69) is 0 Å². The maximum absolute atomic E-state index is 12.7. The van der Waals surface area contributed by atoms with Gasteiger partial charge in [0.2, 0.25) is 0 Å². The lowest BCUT2D eigenvalue weighted by atomic mass is 10.2. The van der Waals surface area contributed by atoms with Gasteiger partial charge in [0.25, 0.3) is 5.91 Å². The van der Waals surface area contributed by atoms with Crippen LogP contribution in [-0.2, 0) is 9.53 Å². The monoisotopic (exact) mass is 417 g/mol. The molecule has 1 atom stereocenters. The van der Waals surface area contributed by atoms with Gasteiger partial charge >= 0.3 is 0 Å². The van der Waals surface area contributed by atoms with E-state index < -0.39 is 0 Å². The van der Waals surface area contributed by atoms with Crippen LogP contribution in [0.5, 0.6) is 5.75 Å². The van der Waals surface area contributed by atoms with Crippen LogP contribution in [0.25, 0.3) is 6.08 Å². The fourth-order valence-electron chi connectivity index (χ4n) is 2.75. The van der Waals surface area contributed by atoms with Gasteiger partial charge in [-0.2, -0.15) is 0 Å². The fourth-order valence-corrected chi connectivity index (χ4v) is 4.63. The lowest BCUT2D eigenvalue weighted by Gasteiger charge is -2.18. The molecule has 4 nitrogen and oxygen atoms in total. The average molecular weight is 418 g/mol. The highest BCUT2D eigenvalue weighted by Gasteiger charge is 2.34. The Labute approximate surface area is 166 Å². The number of hydrogen-bond donors (Lipinski definition) is 0. The number of amides is 1. The van der Waals surface area contributed by atoms with Gasteiger partial charge in [-0.25, -0.2) is 0 Å². The standard InChI is InChI=1S/C17H17Cl2NO3S2/c1-2-22-15-12(18)6-10(7-13(15)19)8-14-16(21)20(17(24)25-14)9-11-4-3-5-23-11/h6-8,11H,2-5,9H2,1H3/b14-8-/t11-/m1/s1. The van der Waals surface area contributed by atoms with Gasteiger partial charge in [-0.3, -0.25) is 9.69 Å². The SMILES string of the molecule is CCOc1c(Cl)cc(/C=C2\SC(=S)N(C[C@H]3CCCO3)C2=O)cc1Cl. The van der Waals surface area contributed by atoms with Crippen LogP contribution < -0.4 is 4.74 Å². The second-order valence-corrected chi connectivity index (χ2v) is 8.16. The van der Waals surface area contributed by atoms with E-state index in [0.717, 1.165) is 25.0 Å². The molecule has 0 unspecified atom stereocenters. The van der Waals surface area contributed by atoms with Crippen molar-refractivity contribution in [2.75, 3.05) is 19.8 Å². The van der Waals surface area contributed by atoms with Crippen molar-refractivity contribution in [2.24, 2.45) is 0 Å². The van der Waals surface area contributed by atoms with E-state index in [-0.39, 0.29) is 12.0 Å². The first kappa shape index (κ1) is 19.0. The molecule has 1 amide bonds. The molecule has 1 aromatic carbocycles. The van der Waals surface area contributed by atoms with E-state index in [1.165, 1.54) is 11.8 Å². The largest absolute Gasteiger partial charge is 0.491 e. The zero-order chi connectivity index (χ0) is 18.0. The molecule has 2 fully saturated rings. The van der Waals surface area contributed by atoms with E-state index in [1.54, 1.807) is 23.1 Å². The van der Waals surface area contributed by atoms with E-state index in [9.17, 15) is 4.79 Å². The van der Waals surface area contributed by atoms with Crippen molar-refractivity contribution in [3.8, 4) is 5.75 Å². The summed E-state index contributed by atoms with van der Waals surface area (Å²) < 4.78 is 11.6. The van der Waals surface area contributed by atoms with Gasteiger partial charge in [-0.15, -0.1) is 0 Å². The smallest absolute Gasteiger partial charge is 0.266 e. The van der Waals surface area contributed by atoms with Crippen molar-refractivity contribution in [1.82, 2.24) is 4.90 Å². The normalized spacial score (nSPS) is 22.3. The summed E-state index contributed by atoms with van der Waals surface area (Å²) in [6, 6.07) is 3.45. The molecule has 0 radical (unpaired) electrons. The molecule has 0 aromatic heterocycles. The summed E-state index contributed by atoms with van der Waals surface area (Å²) in [5.41, 5.74) is 0.732. The predicted molar refractivity (Wildman–Crippen MR) is 106 cm³/mol. The van der Waals surface area contributed by atoms with Crippen molar-refractivity contribution in [1.29, 1.82) is 0 Å². The van der Waals surface area contributed by atoms with Crippen molar-refractivity contribution < 1.29 is 14.3 Å². The number of carbonyl (C=O) groups is 1. The Morgan fingerprint density at radius 2 is 2.16 bits per heavy atom. The molecule has 2 aliphatic heterocycles. The van der Waals surface area contributed by atoms with Crippen molar-refractivity contribution in [3.63, 3.8) is 0 Å². The third-order valence-corrected chi connectivity index (χ3v) is 5.83. The van der Waals surface area contributed by atoms with E-state index in [1.807, 2.05) is 6.92 Å². The van der Waals surface area contributed by atoms with Gasteiger partial charge in [0.15, 0.2) is 5.75 Å². The van der Waals surface area contributed by atoms with Crippen molar-refractivity contribution >= 4 is 63.5 Å². The fraction of sp³-hybridized carbons (Fsp3) is 0.412. The second-order valence-electron chi connectivity index (χ2n) is 5.67. The van der Waals surface area contributed by atoms with E-state index in [0.29, 0.717) is 38.2 Å². The minimum Gasteiger partial charge on any atom is -0.491 e. The number of halogens is 2. The Morgan fingerprint density at radius 3 is 2.76 bits per heavy atom. The van der Waals surface area contributed by atoms with Crippen LogP contribution in [0.1, 0.15) is 25.3 Å². The van der Waals surface area contributed by atoms with Gasteiger partial charge in [0.1, 0.15) is 4.32 Å². The number of thiocarbonyl (C=S) groups is 1. The number of rotatable bonds is 5. The summed E-state index contributed by atoms with van der Waals surface area (Å²) in [4.78, 5) is 14.8. The van der Waals surface area contributed by atoms with Gasteiger partial charge in [-0.1, -0.05) is 47.2 Å². The van der Waals surface area contributed by atoms with Crippen molar-refractivity contribution in [3.05, 3.63) is 32.6 Å². The third-order valence-electron chi connectivity index (χ3n) is 3.89. The first-order chi connectivity index (χ1) is 12.0. The molecule has 1 aromatic rings. The zero-order valence-electron chi connectivity index (χ0n) is 13.6. The Hall–Kier alpha value is -0.790. The first-order valence-corrected chi connectivity index (χ1v) is 9.96. The summed E-state index contributed by atoms with van der Waals surface area (Å²) in [6.07, 6.45) is 3.80. The number of nitrogens with zero attached hydrogens (tertiary/aromatic N) is 1. The molecule has 0 N–H and O–H groups in total. The Morgan fingerprint density at radius 1 is 1.44 bits per heavy atom. The average Bonchev–Trinajstić information content (AvgIpc) is 3.15. The molecule has 2 heterocycles. The van der Waals surface area contributed by atoms with Gasteiger partial charge in [0, 0.05) is 6.61 Å². The van der Waals surface area contributed by atoms with Crippen LogP contribution in [0.2, 0.25) is 10.0 Å². The second kappa shape index (κ2) is 8.27. The molecule has 134 valence electrons. The van der Waals surface area contributed by atoms with Crippen LogP contribution in [-0.4, -0.2) is 41.0 Å². The quantitative estimate of drug-likeness (QED) is 0.509. The molecule has 0 spiro atoms. The summed E-state index contributed by atoms with van der Waals surface area (Å²) in [5.74, 6) is 0.348. The highest BCUT2D eigenvalue weighted by atomic mass is 35.5. The maximum atomic E-state index is 12.7. The van der Waals surface area contributed by atoms with Gasteiger partial charge in [0.05, 0.1) is 34.2 Å². The molecule has 2 saturated heterocycles. The molecule has 25 heavy (non-hydrogen) atoms. The minimum atomic E-state index is -0.105. The molecule has 2 aliphatic rings. The topological polar surface area (TPSA) is 38.8 Å². The predicted octanol–water partition coefficient (Wildman–Crippen LogP) is 4.77. The summed E-state index contributed by atoms with van der Waals surface area (Å²) in [6.45, 7) is 3.59. The first-order valence-electron chi connectivity index (χ1n) is 7.98. The zero-order valence-corrected chi connectivity index (χ0v) is 16.7. The highest BCUT2D eigenvalue weighted by Crippen LogP contribution is 2.37. The molecule has 0 saturated carbocycles. The van der Waals surface area contributed by atoms with E-state index in [4.69, 9.17) is 44.9 Å². The Balaban J connectivity index is 1.79. The lowest BCUT2D eigenvalue weighted by Crippen LogP contribution is -2.35. The number of ether oxygens (including phenoxy) is 2. The molecular formula is C17H17Cl2NO3S2. The van der Waals surface area contributed by atoms with Gasteiger partial charge in [-0.05, 0) is 43.5 Å². The van der Waals surface area contributed by atoms with Crippen LogP contribution in [0.15, 0.2) is 17.0 Å². The number of thioether (sulfide) groups is 1. The summed E-state index contributed by atoms with van der Waals surface area (Å²) in [7, 11) is 0. The number of benzene rings is 1. The summed E-state index contributed by atoms with van der Waals surface area (Å²) >= 11 is 19.1. The molecule has 0 bridgehead atoms. The van der Waals surface area contributed by atoms with E-state index >= 15 is 0 Å².